The van der Waals surface area contributed by atoms with Gasteiger partial charge >= 0.3 is 0 Å². The average Bonchev–Trinajstić information content (AvgIpc) is 2.43. The van der Waals surface area contributed by atoms with Crippen LogP contribution >= 0.6 is 0 Å². The van der Waals surface area contributed by atoms with Gasteiger partial charge in [-0.1, -0.05) is 0 Å². The summed E-state index contributed by atoms with van der Waals surface area (Å²) in [4.78, 5) is 17.7. The molecule has 2 N–H and O–H groups in total. The number of carbonyl (C=O) groups excluding carboxylic acids is 1. The van der Waals surface area contributed by atoms with Crippen LogP contribution in [0.15, 0.2) is 12.1 Å². The number of pyridine rings is 1. The van der Waals surface area contributed by atoms with E-state index in [2.05, 4.69) is 4.98 Å². The number of aromatic nitrogens is 1. The van der Waals surface area contributed by atoms with E-state index in [-0.39, 0.29) is 11.9 Å². The maximum absolute atomic E-state index is 11.6. The van der Waals surface area contributed by atoms with Crippen LogP contribution in [0.25, 0.3) is 0 Å². The van der Waals surface area contributed by atoms with Gasteiger partial charge in [-0.2, -0.15) is 0 Å². The molecule has 1 aromatic heterocycles. The van der Waals surface area contributed by atoms with E-state index in [0.717, 1.165) is 17.1 Å². The summed E-state index contributed by atoms with van der Waals surface area (Å²) < 4.78 is 0. The van der Waals surface area contributed by atoms with Crippen molar-refractivity contribution in [1.29, 1.82) is 0 Å². The maximum atomic E-state index is 11.6. The summed E-state index contributed by atoms with van der Waals surface area (Å²) in [6.07, 6.45) is 0.445. The molecule has 15 heavy (non-hydrogen) atoms. The lowest BCUT2D eigenvalue weighted by Gasteiger charge is -2.16. The van der Waals surface area contributed by atoms with E-state index in [1.54, 1.807) is 4.90 Å². The van der Waals surface area contributed by atoms with Gasteiger partial charge in [0.2, 0.25) is 5.91 Å². The summed E-state index contributed by atoms with van der Waals surface area (Å²) in [6, 6.07) is 3.80. The van der Waals surface area contributed by atoms with Crippen LogP contribution in [0.2, 0.25) is 0 Å². The predicted molar refractivity (Wildman–Crippen MR) is 58.7 cm³/mol. The predicted octanol–water partition coefficient (Wildman–Crippen LogP) is 0.762. The Bertz CT molecular complexity index is 383. The minimum Gasteiger partial charge on any atom is -0.326 e. The van der Waals surface area contributed by atoms with E-state index in [1.807, 2.05) is 26.0 Å². The minimum absolute atomic E-state index is 0.0359. The minimum atomic E-state index is -0.0359. The first kappa shape index (κ1) is 10.1. The molecule has 1 fully saturated rings. The van der Waals surface area contributed by atoms with Gasteiger partial charge in [0.25, 0.3) is 0 Å². The zero-order chi connectivity index (χ0) is 11.0. The molecule has 2 rings (SSSR count). The van der Waals surface area contributed by atoms with Crippen molar-refractivity contribution in [3.05, 3.63) is 23.5 Å². The van der Waals surface area contributed by atoms with E-state index in [4.69, 9.17) is 5.73 Å². The van der Waals surface area contributed by atoms with E-state index >= 15 is 0 Å². The fourth-order valence-electron chi connectivity index (χ4n) is 1.95. The maximum Gasteiger partial charge on any atom is 0.228 e. The van der Waals surface area contributed by atoms with E-state index in [1.165, 1.54) is 0 Å². The third kappa shape index (κ3) is 1.99. The lowest BCUT2D eigenvalue weighted by atomic mass is 10.2. The van der Waals surface area contributed by atoms with Crippen LogP contribution in [0, 0.1) is 13.8 Å². The first-order valence-electron chi connectivity index (χ1n) is 5.07. The van der Waals surface area contributed by atoms with Gasteiger partial charge in [0, 0.05) is 36.1 Å². The van der Waals surface area contributed by atoms with E-state index in [9.17, 15) is 4.79 Å². The van der Waals surface area contributed by atoms with E-state index < -0.39 is 0 Å². The first-order valence-corrected chi connectivity index (χ1v) is 5.07. The van der Waals surface area contributed by atoms with Gasteiger partial charge in [-0.25, -0.2) is 0 Å². The van der Waals surface area contributed by atoms with Gasteiger partial charge in [-0.05, 0) is 26.0 Å². The summed E-state index contributed by atoms with van der Waals surface area (Å²) in [5.74, 6) is 0.104. The topological polar surface area (TPSA) is 59.2 Å². The highest BCUT2D eigenvalue weighted by atomic mass is 16.2. The number of amides is 1. The van der Waals surface area contributed by atoms with Gasteiger partial charge in [0.1, 0.15) is 0 Å². The molecule has 1 aliphatic rings. The molecular formula is C11H15N3O. The van der Waals surface area contributed by atoms with Crippen LogP contribution in [0.5, 0.6) is 0 Å². The Morgan fingerprint density at radius 2 is 2.00 bits per heavy atom. The average molecular weight is 205 g/mol. The summed E-state index contributed by atoms with van der Waals surface area (Å²) in [5, 5.41) is 0. The molecule has 0 aliphatic carbocycles. The molecule has 80 valence electrons. The molecule has 0 saturated carbocycles. The number of hydrogen-bond donors (Lipinski definition) is 1. The van der Waals surface area contributed by atoms with Crippen LogP contribution < -0.4 is 10.6 Å². The summed E-state index contributed by atoms with van der Waals surface area (Å²) in [7, 11) is 0. The molecule has 1 unspecified atom stereocenters. The molecule has 1 amide bonds. The molecule has 2 heterocycles. The fourth-order valence-corrected chi connectivity index (χ4v) is 1.95. The number of nitrogens with two attached hydrogens (primary N) is 1. The van der Waals surface area contributed by atoms with Crippen molar-refractivity contribution in [2.75, 3.05) is 11.4 Å². The van der Waals surface area contributed by atoms with Crippen molar-refractivity contribution < 1.29 is 4.79 Å². The van der Waals surface area contributed by atoms with Crippen LogP contribution in [0.1, 0.15) is 17.8 Å². The molecule has 1 aliphatic heterocycles. The smallest absolute Gasteiger partial charge is 0.228 e. The van der Waals surface area contributed by atoms with Crippen molar-refractivity contribution in [2.45, 2.75) is 26.3 Å². The molecule has 0 bridgehead atoms. The third-order valence-electron chi connectivity index (χ3n) is 2.53. The van der Waals surface area contributed by atoms with Crippen LogP contribution in [-0.2, 0) is 4.79 Å². The Balaban J connectivity index is 2.33. The second-order valence-electron chi connectivity index (χ2n) is 4.08. The molecule has 0 aromatic carbocycles. The highest BCUT2D eigenvalue weighted by molar-refractivity contribution is 5.96. The van der Waals surface area contributed by atoms with Crippen LogP contribution in [0.3, 0.4) is 0 Å². The molecule has 4 heteroatoms. The van der Waals surface area contributed by atoms with Crippen molar-refractivity contribution >= 4 is 11.6 Å². The standard InChI is InChI=1S/C11H15N3O/c1-7-3-10(4-8(2)13-7)14-6-9(12)5-11(14)15/h3-4,9H,5-6,12H2,1-2H3. The number of nitrogens with zero attached hydrogens (tertiary/aromatic N) is 2. The normalized spacial score (nSPS) is 21.1. The van der Waals surface area contributed by atoms with Gasteiger partial charge < -0.3 is 10.6 Å². The highest BCUT2D eigenvalue weighted by Gasteiger charge is 2.28. The largest absolute Gasteiger partial charge is 0.326 e. The zero-order valence-electron chi connectivity index (χ0n) is 9.03. The molecule has 1 atom stereocenters. The van der Waals surface area contributed by atoms with Gasteiger partial charge in [-0.3, -0.25) is 9.78 Å². The molecule has 4 nitrogen and oxygen atoms in total. The van der Waals surface area contributed by atoms with Crippen molar-refractivity contribution in [3.8, 4) is 0 Å². The van der Waals surface area contributed by atoms with Crippen molar-refractivity contribution in [3.63, 3.8) is 0 Å². The third-order valence-corrected chi connectivity index (χ3v) is 2.53. The second-order valence-corrected chi connectivity index (χ2v) is 4.08. The van der Waals surface area contributed by atoms with Crippen LogP contribution in [-0.4, -0.2) is 23.5 Å². The highest BCUT2D eigenvalue weighted by Crippen LogP contribution is 2.21. The van der Waals surface area contributed by atoms with Crippen molar-refractivity contribution in [2.24, 2.45) is 5.73 Å². The fraction of sp³-hybridized carbons (Fsp3) is 0.455. The first-order chi connectivity index (χ1) is 7.06. The van der Waals surface area contributed by atoms with Crippen molar-refractivity contribution in [1.82, 2.24) is 4.98 Å². The Hall–Kier alpha value is -1.42. The molecular weight excluding hydrogens is 190 g/mol. The second kappa shape index (κ2) is 3.62. The number of anilines is 1. The number of hydrogen-bond acceptors (Lipinski definition) is 3. The number of carbonyl (C=O) groups is 1. The molecule has 0 spiro atoms. The lowest BCUT2D eigenvalue weighted by molar-refractivity contribution is -0.117. The number of rotatable bonds is 1. The summed E-state index contributed by atoms with van der Waals surface area (Å²) in [6.45, 7) is 4.47. The Morgan fingerprint density at radius 1 is 1.40 bits per heavy atom. The summed E-state index contributed by atoms with van der Waals surface area (Å²) in [5.41, 5.74) is 8.52. The van der Waals surface area contributed by atoms with Gasteiger partial charge in [0.05, 0.1) is 0 Å². The SMILES string of the molecule is Cc1cc(N2CC(N)CC2=O)cc(C)n1. The molecule has 0 radical (unpaired) electrons. The quantitative estimate of drug-likeness (QED) is 0.736. The Labute approximate surface area is 89.1 Å². The lowest BCUT2D eigenvalue weighted by Crippen LogP contribution is -2.28. The molecule has 1 aromatic rings. The summed E-state index contributed by atoms with van der Waals surface area (Å²) >= 11 is 0. The Kier molecular flexibility index (Phi) is 2.44. The van der Waals surface area contributed by atoms with Crippen LogP contribution in [0.4, 0.5) is 5.69 Å². The van der Waals surface area contributed by atoms with E-state index in [0.29, 0.717) is 13.0 Å². The number of aryl methyl sites for hydroxylation is 2. The van der Waals surface area contributed by atoms with Gasteiger partial charge in [0.15, 0.2) is 0 Å². The monoisotopic (exact) mass is 205 g/mol. The zero-order valence-corrected chi connectivity index (χ0v) is 9.03. The Morgan fingerprint density at radius 3 is 2.47 bits per heavy atom. The molecule has 1 saturated heterocycles. The van der Waals surface area contributed by atoms with Gasteiger partial charge in [-0.15, -0.1) is 0 Å².